The van der Waals surface area contributed by atoms with Crippen LogP contribution in [0.3, 0.4) is 0 Å². The van der Waals surface area contributed by atoms with E-state index in [0.717, 1.165) is 11.4 Å². The van der Waals surface area contributed by atoms with Crippen molar-refractivity contribution >= 4 is 12.0 Å². The fraction of sp³-hybridized carbons (Fsp3) is 0.300. The highest BCUT2D eigenvalue weighted by molar-refractivity contribution is 5.98. The minimum atomic E-state index is -2.95. The van der Waals surface area contributed by atoms with Gasteiger partial charge in [-0.3, -0.25) is 4.79 Å². The van der Waals surface area contributed by atoms with E-state index < -0.39 is 6.61 Å². The van der Waals surface area contributed by atoms with Gasteiger partial charge in [-0.25, -0.2) is 0 Å². The first-order valence-electron chi connectivity index (χ1n) is 8.46. The SMILES string of the molecule is C=CCn1c(C)cc(C(=O)CO/N=C/c2ccc(OC(F)F)c(OC)c2)c1C. The molecular formula is C20H22F2N2O4. The first kappa shape index (κ1) is 21.1. The number of hydrogen-bond acceptors (Lipinski definition) is 5. The molecule has 0 fully saturated rings. The molecule has 6 nitrogen and oxygen atoms in total. The number of nitrogens with zero attached hydrogens (tertiary/aromatic N) is 2. The summed E-state index contributed by atoms with van der Waals surface area (Å²) < 4.78 is 36.0. The highest BCUT2D eigenvalue weighted by Gasteiger charge is 2.15. The molecule has 0 saturated carbocycles. The number of carbonyl (C=O) groups excluding carboxylic acids is 1. The minimum Gasteiger partial charge on any atom is -0.493 e. The lowest BCUT2D eigenvalue weighted by Crippen LogP contribution is -2.09. The van der Waals surface area contributed by atoms with Crippen molar-refractivity contribution in [3.63, 3.8) is 0 Å². The number of methoxy groups -OCH3 is 1. The van der Waals surface area contributed by atoms with E-state index in [1.54, 1.807) is 12.1 Å². The minimum absolute atomic E-state index is 0.0828. The van der Waals surface area contributed by atoms with Gasteiger partial charge in [0.2, 0.25) is 5.78 Å². The molecule has 2 rings (SSSR count). The zero-order valence-corrected chi connectivity index (χ0v) is 15.9. The summed E-state index contributed by atoms with van der Waals surface area (Å²) in [5.74, 6) is -0.144. The number of rotatable bonds is 10. The molecule has 0 aliphatic heterocycles. The Morgan fingerprint density at radius 2 is 2.04 bits per heavy atom. The van der Waals surface area contributed by atoms with E-state index in [4.69, 9.17) is 9.57 Å². The first-order valence-corrected chi connectivity index (χ1v) is 8.46. The molecule has 1 heterocycles. The zero-order chi connectivity index (χ0) is 20.7. The maximum Gasteiger partial charge on any atom is 0.387 e. The van der Waals surface area contributed by atoms with Gasteiger partial charge in [0, 0.05) is 29.1 Å². The molecule has 0 aliphatic carbocycles. The Balaban J connectivity index is 1.99. The summed E-state index contributed by atoms with van der Waals surface area (Å²) in [5, 5.41) is 3.76. The second-order valence-electron chi connectivity index (χ2n) is 5.90. The highest BCUT2D eigenvalue weighted by atomic mass is 19.3. The molecule has 0 spiro atoms. The summed E-state index contributed by atoms with van der Waals surface area (Å²) in [4.78, 5) is 17.4. The Hall–Kier alpha value is -3.16. The van der Waals surface area contributed by atoms with Gasteiger partial charge < -0.3 is 18.9 Å². The molecular weight excluding hydrogens is 370 g/mol. The van der Waals surface area contributed by atoms with Crippen molar-refractivity contribution in [3.8, 4) is 11.5 Å². The molecule has 0 aliphatic rings. The van der Waals surface area contributed by atoms with Crippen molar-refractivity contribution in [2.45, 2.75) is 27.0 Å². The average molecular weight is 392 g/mol. The predicted octanol–water partition coefficient (Wildman–Crippen LogP) is 4.13. The van der Waals surface area contributed by atoms with Crippen LogP contribution in [-0.2, 0) is 11.4 Å². The Labute approximate surface area is 162 Å². The maximum atomic E-state index is 12.3. The van der Waals surface area contributed by atoms with E-state index in [1.165, 1.54) is 31.5 Å². The van der Waals surface area contributed by atoms with Crippen LogP contribution in [-0.4, -0.2) is 36.9 Å². The van der Waals surface area contributed by atoms with Gasteiger partial charge in [-0.1, -0.05) is 11.2 Å². The molecule has 0 amide bonds. The first-order chi connectivity index (χ1) is 13.4. The van der Waals surface area contributed by atoms with Gasteiger partial charge in [-0.05, 0) is 38.1 Å². The number of hydrogen-bond donors (Lipinski definition) is 0. The van der Waals surface area contributed by atoms with E-state index in [9.17, 15) is 13.6 Å². The van der Waals surface area contributed by atoms with Gasteiger partial charge >= 0.3 is 6.61 Å². The predicted molar refractivity (Wildman–Crippen MR) is 102 cm³/mol. The number of allylic oxidation sites excluding steroid dienone is 1. The van der Waals surface area contributed by atoms with Crippen LogP contribution in [0.2, 0.25) is 0 Å². The van der Waals surface area contributed by atoms with Crippen molar-refractivity contribution in [1.82, 2.24) is 4.57 Å². The fourth-order valence-electron chi connectivity index (χ4n) is 2.72. The van der Waals surface area contributed by atoms with E-state index in [-0.39, 0.29) is 23.9 Å². The van der Waals surface area contributed by atoms with Crippen molar-refractivity contribution in [3.05, 3.63) is 59.4 Å². The highest BCUT2D eigenvalue weighted by Crippen LogP contribution is 2.28. The van der Waals surface area contributed by atoms with Gasteiger partial charge in [-0.15, -0.1) is 6.58 Å². The fourth-order valence-corrected chi connectivity index (χ4v) is 2.72. The Morgan fingerprint density at radius 1 is 1.29 bits per heavy atom. The monoisotopic (exact) mass is 392 g/mol. The normalized spacial score (nSPS) is 11.1. The number of alkyl halides is 2. The lowest BCUT2D eigenvalue weighted by atomic mass is 10.2. The number of benzene rings is 1. The molecule has 1 aromatic heterocycles. The third-order valence-electron chi connectivity index (χ3n) is 4.06. The van der Waals surface area contributed by atoms with Gasteiger partial charge in [-0.2, -0.15) is 8.78 Å². The van der Waals surface area contributed by atoms with Crippen LogP contribution in [0, 0.1) is 13.8 Å². The zero-order valence-electron chi connectivity index (χ0n) is 15.9. The van der Waals surface area contributed by atoms with E-state index >= 15 is 0 Å². The number of halogens is 2. The summed E-state index contributed by atoms with van der Waals surface area (Å²) in [6, 6.07) is 6.12. The lowest BCUT2D eigenvalue weighted by molar-refractivity contribution is -0.0512. The van der Waals surface area contributed by atoms with E-state index in [0.29, 0.717) is 17.7 Å². The molecule has 1 aromatic carbocycles. The smallest absolute Gasteiger partial charge is 0.387 e. The molecule has 2 aromatic rings. The van der Waals surface area contributed by atoms with Crippen molar-refractivity contribution < 1.29 is 27.9 Å². The molecule has 150 valence electrons. The largest absolute Gasteiger partial charge is 0.493 e. The summed E-state index contributed by atoms with van der Waals surface area (Å²) in [7, 11) is 1.34. The molecule has 0 N–H and O–H groups in total. The van der Waals surface area contributed by atoms with Crippen LogP contribution in [0.4, 0.5) is 8.78 Å². The van der Waals surface area contributed by atoms with Crippen LogP contribution < -0.4 is 9.47 Å². The Morgan fingerprint density at radius 3 is 2.68 bits per heavy atom. The topological polar surface area (TPSA) is 62.1 Å². The summed E-state index contributed by atoms with van der Waals surface area (Å²) in [6.45, 7) is 4.94. The van der Waals surface area contributed by atoms with Crippen molar-refractivity contribution in [2.24, 2.45) is 5.16 Å². The molecule has 0 unspecified atom stereocenters. The second-order valence-corrected chi connectivity index (χ2v) is 5.90. The number of Topliss-reactive ketones (excluding diaryl/α,β-unsaturated/α-hetero) is 1. The number of aryl methyl sites for hydroxylation is 1. The van der Waals surface area contributed by atoms with Crippen LogP contribution in [0.15, 0.2) is 42.1 Å². The third-order valence-corrected chi connectivity index (χ3v) is 4.06. The number of ether oxygens (including phenoxy) is 2. The molecule has 0 saturated heterocycles. The van der Waals surface area contributed by atoms with Crippen molar-refractivity contribution in [1.29, 1.82) is 0 Å². The van der Waals surface area contributed by atoms with E-state index in [2.05, 4.69) is 16.5 Å². The lowest BCUT2D eigenvalue weighted by Gasteiger charge is -2.09. The maximum absolute atomic E-state index is 12.3. The summed E-state index contributed by atoms with van der Waals surface area (Å²) >= 11 is 0. The van der Waals surface area contributed by atoms with Crippen molar-refractivity contribution in [2.75, 3.05) is 13.7 Å². The van der Waals surface area contributed by atoms with Gasteiger partial charge in [0.25, 0.3) is 0 Å². The van der Waals surface area contributed by atoms with Gasteiger partial charge in [0.15, 0.2) is 18.1 Å². The summed E-state index contributed by atoms with van der Waals surface area (Å²) in [5.41, 5.74) is 2.91. The van der Waals surface area contributed by atoms with E-state index in [1.807, 2.05) is 18.4 Å². The average Bonchev–Trinajstić information content (AvgIpc) is 2.94. The van der Waals surface area contributed by atoms with Crippen LogP contribution in [0.5, 0.6) is 11.5 Å². The van der Waals surface area contributed by atoms with Crippen LogP contribution in [0.25, 0.3) is 0 Å². The number of carbonyl (C=O) groups is 1. The third kappa shape index (κ3) is 5.18. The Bertz CT molecular complexity index is 875. The summed E-state index contributed by atoms with van der Waals surface area (Å²) in [6.07, 6.45) is 3.11. The van der Waals surface area contributed by atoms with Crippen LogP contribution in [0.1, 0.15) is 27.3 Å². The second kappa shape index (κ2) is 9.68. The quantitative estimate of drug-likeness (QED) is 0.264. The molecule has 8 heteroatoms. The number of aromatic nitrogens is 1. The molecule has 0 atom stereocenters. The molecule has 0 bridgehead atoms. The number of oxime groups is 1. The molecule has 0 radical (unpaired) electrons. The molecule has 28 heavy (non-hydrogen) atoms. The Kier molecular flexibility index (Phi) is 7.31. The van der Waals surface area contributed by atoms with Gasteiger partial charge in [0.1, 0.15) is 0 Å². The standard InChI is InChI=1S/C20H22F2N2O4/c1-5-8-24-13(2)9-16(14(24)3)17(25)12-27-23-11-15-6-7-18(28-20(21)22)19(10-15)26-4/h5-7,9-11,20H,1,8,12H2,2-4H3/b23-11+. The van der Waals surface area contributed by atoms with Gasteiger partial charge in [0.05, 0.1) is 13.3 Å². The number of ketones is 1. The van der Waals surface area contributed by atoms with Crippen LogP contribution >= 0.6 is 0 Å².